The van der Waals surface area contributed by atoms with E-state index >= 15 is 0 Å². The standard InChI is InChI=1S/C18H20N2O2/c1-3-22-17(21)12-20-18(14-7-5-4-6-8-14)15-11-13(2)9-10-16(15)19/h4-11H,3,12,19H2,1-2H3. The Kier molecular flexibility index (Phi) is 5.31. The minimum atomic E-state index is -0.345. The lowest BCUT2D eigenvalue weighted by Gasteiger charge is -2.11. The molecular formula is C18H20N2O2. The van der Waals surface area contributed by atoms with Crippen LogP contribution in [-0.2, 0) is 9.53 Å². The second-order valence-corrected chi connectivity index (χ2v) is 4.93. The van der Waals surface area contributed by atoms with Crippen molar-refractivity contribution in [2.24, 2.45) is 4.99 Å². The topological polar surface area (TPSA) is 64.7 Å². The predicted molar refractivity (Wildman–Crippen MR) is 89.2 cm³/mol. The van der Waals surface area contributed by atoms with E-state index in [2.05, 4.69) is 4.99 Å². The molecule has 0 aliphatic heterocycles. The maximum Gasteiger partial charge on any atom is 0.327 e. The highest BCUT2D eigenvalue weighted by Gasteiger charge is 2.11. The molecular weight excluding hydrogens is 276 g/mol. The van der Waals surface area contributed by atoms with Crippen molar-refractivity contribution in [3.8, 4) is 0 Å². The third kappa shape index (κ3) is 3.95. The highest BCUT2D eigenvalue weighted by atomic mass is 16.5. The first kappa shape index (κ1) is 15.8. The lowest BCUT2D eigenvalue weighted by Crippen LogP contribution is -2.13. The predicted octanol–water partition coefficient (Wildman–Crippen LogP) is 2.98. The van der Waals surface area contributed by atoms with Crippen LogP contribution >= 0.6 is 0 Å². The van der Waals surface area contributed by atoms with Gasteiger partial charge in [0.15, 0.2) is 0 Å². The third-order valence-electron chi connectivity index (χ3n) is 3.18. The molecule has 0 unspecified atom stereocenters. The molecule has 0 radical (unpaired) electrons. The van der Waals surface area contributed by atoms with E-state index in [1.807, 2.05) is 55.5 Å². The Morgan fingerprint density at radius 1 is 1.18 bits per heavy atom. The molecule has 2 rings (SSSR count). The molecule has 2 aromatic rings. The van der Waals surface area contributed by atoms with E-state index < -0.39 is 0 Å². The number of esters is 1. The molecule has 0 aliphatic carbocycles. The molecule has 114 valence electrons. The van der Waals surface area contributed by atoms with Crippen molar-refractivity contribution in [2.45, 2.75) is 13.8 Å². The lowest BCUT2D eigenvalue weighted by molar-refractivity contribution is -0.141. The number of hydrogen-bond donors (Lipinski definition) is 1. The van der Waals surface area contributed by atoms with E-state index in [9.17, 15) is 4.79 Å². The average Bonchev–Trinajstić information content (AvgIpc) is 2.52. The summed E-state index contributed by atoms with van der Waals surface area (Å²) in [6.45, 7) is 4.10. The average molecular weight is 296 g/mol. The normalized spacial score (nSPS) is 11.3. The van der Waals surface area contributed by atoms with E-state index in [1.54, 1.807) is 6.92 Å². The quantitative estimate of drug-likeness (QED) is 0.524. The Hall–Kier alpha value is -2.62. The minimum Gasteiger partial charge on any atom is -0.465 e. The van der Waals surface area contributed by atoms with Crippen LogP contribution in [0, 0.1) is 6.92 Å². The van der Waals surface area contributed by atoms with Crippen LogP contribution in [0.25, 0.3) is 0 Å². The van der Waals surface area contributed by atoms with Gasteiger partial charge >= 0.3 is 5.97 Å². The molecule has 22 heavy (non-hydrogen) atoms. The number of carbonyl (C=O) groups excluding carboxylic acids is 1. The van der Waals surface area contributed by atoms with E-state index in [-0.39, 0.29) is 12.5 Å². The van der Waals surface area contributed by atoms with Crippen molar-refractivity contribution in [1.29, 1.82) is 0 Å². The molecule has 4 nitrogen and oxygen atoms in total. The van der Waals surface area contributed by atoms with E-state index in [4.69, 9.17) is 10.5 Å². The molecule has 0 fully saturated rings. The van der Waals surface area contributed by atoms with Gasteiger partial charge in [-0.25, -0.2) is 0 Å². The fraction of sp³-hybridized carbons (Fsp3) is 0.222. The minimum absolute atomic E-state index is 0.0224. The third-order valence-corrected chi connectivity index (χ3v) is 3.18. The maximum absolute atomic E-state index is 11.6. The Morgan fingerprint density at radius 2 is 1.91 bits per heavy atom. The Morgan fingerprint density at radius 3 is 2.59 bits per heavy atom. The van der Waals surface area contributed by atoms with Crippen LogP contribution < -0.4 is 5.73 Å². The molecule has 0 aliphatic rings. The second kappa shape index (κ2) is 7.41. The van der Waals surface area contributed by atoms with E-state index in [1.165, 1.54) is 0 Å². The Labute approximate surface area is 130 Å². The highest BCUT2D eigenvalue weighted by Crippen LogP contribution is 2.19. The van der Waals surface area contributed by atoms with Crippen LogP contribution in [0.3, 0.4) is 0 Å². The van der Waals surface area contributed by atoms with Gasteiger partial charge in [0.05, 0.1) is 12.3 Å². The summed E-state index contributed by atoms with van der Waals surface area (Å²) in [5.74, 6) is -0.345. The van der Waals surface area contributed by atoms with Gasteiger partial charge in [-0.3, -0.25) is 9.79 Å². The lowest BCUT2D eigenvalue weighted by atomic mass is 9.99. The summed E-state index contributed by atoms with van der Waals surface area (Å²) in [5, 5.41) is 0. The zero-order valence-corrected chi connectivity index (χ0v) is 12.9. The summed E-state index contributed by atoms with van der Waals surface area (Å²) in [4.78, 5) is 16.0. The number of benzene rings is 2. The number of aliphatic imine (C=N–C) groups is 1. The molecule has 2 aromatic carbocycles. The first-order valence-electron chi connectivity index (χ1n) is 7.23. The van der Waals surface area contributed by atoms with Crippen molar-refractivity contribution >= 4 is 17.4 Å². The first-order valence-corrected chi connectivity index (χ1v) is 7.23. The number of aryl methyl sites for hydroxylation is 1. The Bertz CT molecular complexity index is 679. The van der Waals surface area contributed by atoms with Gasteiger partial charge in [0.25, 0.3) is 0 Å². The number of ether oxygens (including phenoxy) is 1. The van der Waals surface area contributed by atoms with Crippen molar-refractivity contribution < 1.29 is 9.53 Å². The smallest absolute Gasteiger partial charge is 0.327 e. The molecule has 0 aromatic heterocycles. The van der Waals surface area contributed by atoms with E-state index in [0.29, 0.717) is 18.0 Å². The maximum atomic E-state index is 11.6. The van der Waals surface area contributed by atoms with Crippen LogP contribution in [0.5, 0.6) is 0 Å². The van der Waals surface area contributed by atoms with Crippen molar-refractivity contribution in [1.82, 2.24) is 0 Å². The summed E-state index contributed by atoms with van der Waals surface area (Å²) < 4.78 is 4.94. The van der Waals surface area contributed by atoms with Gasteiger partial charge in [-0.1, -0.05) is 42.0 Å². The number of nitrogen functional groups attached to an aromatic ring is 1. The number of rotatable bonds is 5. The zero-order chi connectivity index (χ0) is 15.9. The van der Waals surface area contributed by atoms with Crippen molar-refractivity contribution in [3.05, 3.63) is 65.2 Å². The summed E-state index contributed by atoms with van der Waals surface area (Å²) >= 11 is 0. The molecule has 4 heteroatoms. The molecule has 0 atom stereocenters. The van der Waals surface area contributed by atoms with Crippen molar-refractivity contribution in [3.63, 3.8) is 0 Å². The van der Waals surface area contributed by atoms with Gasteiger partial charge < -0.3 is 10.5 Å². The van der Waals surface area contributed by atoms with Gasteiger partial charge in [-0.05, 0) is 26.0 Å². The summed E-state index contributed by atoms with van der Waals surface area (Å²) in [6.07, 6.45) is 0. The number of anilines is 1. The highest BCUT2D eigenvalue weighted by molar-refractivity contribution is 6.16. The van der Waals surface area contributed by atoms with Crippen LogP contribution in [0.2, 0.25) is 0 Å². The summed E-state index contributed by atoms with van der Waals surface area (Å²) in [5.41, 5.74) is 10.3. The number of carbonyl (C=O) groups is 1. The van der Waals surface area contributed by atoms with Crippen LogP contribution in [0.1, 0.15) is 23.6 Å². The Balaban J connectivity index is 2.44. The fourth-order valence-corrected chi connectivity index (χ4v) is 2.15. The van der Waals surface area contributed by atoms with Gasteiger partial charge in [-0.2, -0.15) is 0 Å². The monoisotopic (exact) mass is 296 g/mol. The largest absolute Gasteiger partial charge is 0.465 e. The van der Waals surface area contributed by atoms with Crippen LogP contribution in [0.4, 0.5) is 5.69 Å². The molecule has 0 amide bonds. The number of nitrogens with zero attached hydrogens (tertiary/aromatic N) is 1. The van der Waals surface area contributed by atoms with Gasteiger partial charge in [0.1, 0.15) is 6.54 Å². The summed E-state index contributed by atoms with van der Waals surface area (Å²) in [7, 11) is 0. The molecule has 0 saturated heterocycles. The number of hydrogen-bond acceptors (Lipinski definition) is 4. The van der Waals surface area contributed by atoms with E-state index in [0.717, 1.165) is 16.7 Å². The van der Waals surface area contributed by atoms with Gasteiger partial charge in [-0.15, -0.1) is 0 Å². The van der Waals surface area contributed by atoms with Crippen LogP contribution in [-0.4, -0.2) is 24.8 Å². The van der Waals surface area contributed by atoms with Crippen molar-refractivity contribution in [2.75, 3.05) is 18.9 Å². The molecule has 2 N–H and O–H groups in total. The first-order chi connectivity index (χ1) is 10.6. The zero-order valence-electron chi connectivity index (χ0n) is 12.9. The fourth-order valence-electron chi connectivity index (χ4n) is 2.15. The summed E-state index contributed by atoms with van der Waals surface area (Å²) in [6, 6.07) is 15.5. The number of nitrogens with two attached hydrogens (primary N) is 1. The SMILES string of the molecule is CCOC(=O)CN=C(c1ccccc1)c1cc(C)ccc1N. The van der Waals surface area contributed by atoms with Crippen LogP contribution in [0.15, 0.2) is 53.5 Å². The molecule has 0 heterocycles. The second-order valence-electron chi connectivity index (χ2n) is 4.93. The molecule has 0 saturated carbocycles. The molecule has 0 spiro atoms. The molecule has 0 bridgehead atoms. The van der Waals surface area contributed by atoms with Gasteiger partial charge in [0.2, 0.25) is 0 Å². The van der Waals surface area contributed by atoms with Gasteiger partial charge in [0, 0.05) is 16.8 Å².